The number of aromatic amines is 1. The second-order valence-corrected chi connectivity index (χ2v) is 9.38. The van der Waals surface area contributed by atoms with Crippen LogP contribution >= 0.6 is 0 Å². The topological polar surface area (TPSA) is 85.3 Å². The molecule has 0 radical (unpaired) electrons. The monoisotopic (exact) mass is 445 g/mol. The molecule has 7 nitrogen and oxygen atoms in total. The van der Waals surface area contributed by atoms with E-state index in [1.54, 1.807) is 14.2 Å². The first-order valence-corrected chi connectivity index (χ1v) is 11.0. The van der Waals surface area contributed by atoms with Crippen molar-refractivity contribution in [2.75, 3.05) is 19.5 Å². The molecule has 1 aromatic heterocycles. The van der Waals surface area contributed by atoms with Gasteiger partial charge in [-0.1, -0.05) is 32.0 Å². The van der Waals surface area contributed by atoms with Crippen molar-refractivity contribution >= 4 is 11.6 Å². The fourth-order valence-electron chi connectivity index (χ4n) is 5.02. The number of nitrogens with one attached hydrogen (secondary N) is 2. The van der Waals surface area contributed by atoms with Crippen LogP contribution in [0.5, 0.6) is 11.5 Å². The number of anilines is 1. The standard InChI is InChI=1S/C26H27N3O4/c1-26(2)13-18-22(19(30)14-26)21(17-12-16(32-3)10-11-20(17)33-4)23-24(27-18)28-29(25(23)31)15-8-6-5-7-9-15/h5-12,21,27-28H,13-14H2,1-4H3/t21-/m1/s1. The van der Waals surface area contributed by atoms with Gasteiger partial charge in [-0.25, -0.2) is 4.68 Å². The number of carbonyl (C=O) groups is 1. The fraction of sp³-hybridized carbons (Fsp3) is 0.308. The molecule has 2 aliphatic rings. The number of ether oxygens (including phenoxy) is 2. The van der Waals surface area contributed by atoms with E-state index in [2.05, 4.69) is 24.3 Å². The number of para-hydroxylation sites is 1. The van der Waals surface area contributed by atoms with Crippen molar-refractivity contribution in [1.29, 1.82) is 0 Å². The van der Waals surface area contributed by atoms with Gasteiger partial charge in [0.05, 0.1) is 31.4 Å². The van der Waals surface area contributed by atoms with Crippen LogP contribution in [0.1, 0.15) is 43.7 Å². The second-order valence-electron chi connectivity index (χ2n) is 9.38. The highest BCUT2D eigenvalue weighted by Crippen LogP contribution is 2.49. The molecule has 0 saturated heterocycles. The number of Topliss-reactive ketones (excluding diaryl/α,β-unsaturated/α-hetero) is 1. The van der Waals surface area contributed by atoms with Crippen LogP contribution in [-0.2, 0) is 4.79 Å². The number of benzene rings is 2. The van der Waals surface area contributed by atoms with Crippen molar-refractivity contribution in [3.8, 4) is 17.2 Å². The van der Waals surface area contributed by atoms with E-state index in [0.717, 1.165) is 16.9 Å². The van der Waals surface area contributed by atoms with Crippen LogP contribution in [0.25, 0.3) is 5.69 Å². The van der Waals surface area contributed by atoms with Gasteiger partial charge in [0.15, 0.2) is 5.78 Å². The predicted octanol–water partition coefficient (Wildman–Crippen LogP) is 4.38. The number of carbonyl (C=O) groups excluding carboxylic acids is 1. The number of fused-ring (bicyclic) bond motifs is 1. The minimum absolute atomic E-state index is 0.0427. The van der Waals surface area contributed by atoms with E-state index >= 15 is 0 Å². The Labute approximate surface area is 192 Å². The van der Waals surface area contributed by atoms with Crippen LogP contribution in [0.4, 0.5) is 5.82 Å². The van der Waals surface area contributed by atoms with Crippen LogP contribution in [0.15, 0.2) is 64.6 Å². The third kappa shape index (κ3) is 3.44. The van der Waals surface area contributed by atoms with Gasteiger partial charge in [-0.15, -0.1) is 0 Å². The summed E-state index contributed by atoms with van der Waals surface area (Å²) in [5, 5.41) is 6.63. The summed E-state index contributed by atoms with van der Waals surface area (Å²) in [5.41, 5.74) is 3.05. The number of H-pyrrole nitrogens is 1. The van der Waals surface area contributed by atoms with Gasteiger partial charge < -0.3 is 14.8 Å². The first-order valence-electron chi connectivity index (χ1n) is 11.0. The van der Waals surface area contributed by atoms with Crippen molar-refractivity contribution in [2.45, 2.75) is 32.6 Å². The SMILES string of the molecule is COc1ccc(OC)c([C@@H]2C3=C(CC(C)(C)CC3=O)Nc3[nH]n(-c4ccccc4)c(=O)c32)c1. The molecule has 0 unspecified atom stereocenters. The van der Waals surface area contributed by atoms with E-state index < -0.39 is 5.92 Å². The average molecular weight is 446 g/mol. The molecule has 5 rings (SSSR count). The van der Waals surface area contributed by atoms with E-state index in [0.29, 0.717) is 41.3 Å². The van der Waals surface area contributed by atoms with E-state index in [-0.39, 0.29) is 16.8 Å². The zero-order valence-corrected chi connectivity index (χ0v) is 19.2. The number of aromatic nitrogens is 2. The van der Waals surface area contributed by atoms with Gasteiger partial charge in [0.2, 0.25) is 0 Å². The molecule has 170 valence electrons. The van der Waals surface area contributed by atoms with Crippen molar-refractivity contribution < 1.29 is 14.3 Å². The third-order valence-corrected chi connectivity index (χ3v) is 6.46. The minimum atomic E-state index is -0.571. The maximum Gasteiger partial charge on any atom is 0.277 e. The van der Waals surface area contributed by atoms with Gasteiger partial charge in [-0.05, 0) is 42.2 Å². The zero-order chi connectivity index (χ0) is 23.3. The number of hydrogen-bond acceptors (Lipinski definition) is 5. The molecule has 1 aliphatic carbocycles. The Morgan fingerprint density at radius 2 is 1.76 bits per heavy atom. The molecular weight excluding hydrogens is 418 g/mol. The summed E-state index contributed by atoms with van der Waals surface area (Å²) in [6, 6.07) is 14.9. The Kier molecular flexibility index (Phi) is 4.92. The number of methoxy groups -OCH3 is 2. The summed E-state index contributed by atoms with van der Waals surface area (Å²) in [4.78, 5) is 27.2. The van der Waals surface area contributed by atoms with Gasteiger partial charge in [-0.3, -0.25) is 14.7 Å². The summed E-state index contributed by atoms with van der Waals surface area (Å²) in [7, 11) is 3.19. The molecule has 0 spiro atoms. The highest BCUT2D eigenvalue weighted by molar-refractivity contribution is 6.01. The summed E-state index contributed by atoms with van der Waals surface area (Å²) in [6.07, 6.45) is 1.12. The molecule has 2 heterocycles. The predicted molar refractivity (Wildman–Crippen MR) is 126 cm³/mol. The summed E-state index contributed by atoms with van der Waals surface area (Å²) < 4.78 is 12.7. The maximum absolute atomic E-state index is 13.7. The lowest BCUT2D eigenvalue weighted by molar-refractivity contribution is -0.118. The Hall–Kier alpha value is -3.74. The molecular formula is C26H27N3O4. The van der Waals surface area contributed by atoms with Crippen molar-refractivity contribution in [3.05, 3.63) is 81.3 Å². The maximum atomic E-state index is 13.7. The highest BCUT2D eigenvalue weighted by atomic mass is 16.5. The van der Waals surface area contributed by atoms with E-state index in [9.17, 15) is 9.59 Å². The van der Waals surface area contributed by atoms with Crippen LogP contribution < -0.4 is 20.3 Å². The Bertz CT molecular complexity index is 1330. The average Bonchev–Trinajstić information content (AvgIpc) is 3.13. The quantitative estimate of drug-likeness (QED) is 0.622. The molecule has 2 aromatic carbocycles. The normalized spacial score (nSPS) is 18.9. The Balaban J connectivity index is 1.79. The lowest BCUT2D eigenvalue weighted by atomic mass is 9.69. The molecule has 0 amide bonds. The first kappa shape index (κ1) is 21.1. The van der Waals surface area contributed by atoms with Gasteiger partial charge in [-0.2, -0.15) is 0 Å². The molecule has 1 atom stereocenters. The summed E-state index contributed by atoms with van der Waals surface area (Å²) in [5.74, 6) is 1.31. The number of allylic oxidation sites excluding steroid dienone is 2. The largest absolute Gasteiger partial charge is 0.497 e. The number of hydrogen-bond donors (Lipinski definition) is 2. The molecule has 7 heteroatoms. The molecule has 3 aromatic rings. The molecule has 0 bridgehead atoms. The molecule has 1 aliphatic heterocycles. The number of nitrogens with zero attached hydrogens (tertiary/aromatic N) is 1. The summed E-state index contributed by atoms with van der Waals surface area (Å²) >= 11 is 0. The van der Waals surface area contributed by atoms with Crippen LogP contribution in [0.2, 0.25) is 0 Å². The Morgan fingerprint density at radius 3 is 2.45 bits per heavy atom. The van der Waals surface area contributed by atoms with Crippen molar-refractivity contribution in [3.63, 3.8) is 0 Å². The van der Waals surface area contributed by atoms with Gasteiger partial charge >= 0.3 is 0 Å². The number of rotatable bonds is 4. The highest BCUT2D eigenvalue weighted by Gasteiger charge is 2.43. The Morgan fingerprint density at radius 1 is 1.00 bits per heavy atom. The van der Waals surface area contributed by atoms with Gasteiger partial charge in [0, 0.05) is 23.3 Å². The van der Waals surface area contributed by atoms with E-state index in [4.69, 9.17) is 9.47 Å². The van der Waals surface area contributed by atoms with Crippen LogP contribution in [0, 0.1) is 5.41 Å². The van der Waals surface area contributed by atoms with Crippen molar-refractivity contribution in [2.24, 2.45) is 5.41 Å². The molecule has 33 heavy (non-hydrogen) atoms. The van der Waals surface area contributed by atoms with Crippen LogP contribution in [0.3, 0.4) is 0 Å². The number of ketones is 1. The van der Waals surface area contributed by atoms with Gasteiger partial charge in [0.1, 0.15) is 17.3 Å². The molecule has 0 saturated carbocycles. The molecule has 0 fully saturated rings. The van der Waals surface area contributed by atoms with Gasteiger partial charge in [0.25, 0.3) is 5.56 Å². The van der Waals surface area contributed by atoms with Crippen LogP contribution in [-0.4, -0.2) is 29.8 Å². The fourth-order valence-corrected chi connectivity index (χ4v) is 5.02. The lowest BCUT2D eigenvalue weighted by Gasteiger charge is -2.38. The van der Waals surface area contributed by atoms with E-state index in [1.807, 2.05) is 48.5 Å². The minimum Gasteiger partial charge on any atom is -0.497 e. The molecule has 2 N–H and O–H groups in total. The zero-order valence-electron chi connectivity index (χ0n) is 19.2. The third-order valence-electron chi connectivity index (χ3n) is 6.46. The second kappa shape index (κ2) is 7.69. The smallest absolute Gasteiger partial charge is 0.277 e. The first-order chi connectivity index (χ1) is 15.8. The lowest BCUT2D eigenvalue weighted by Crippen LogP contribution is -2.35. The van der Waals surface area contributed by atoms with Crippen molar-refractivity contribution in [1.82, 2.24) is 9.78 Å². The van der Waals surface area contributed by atoms with E-state index in [1.165, 1.54) is 4.68 Å². The summed E-state index contributed by atoms with van der Waals surface area (Å²) in [6.45, 7) is 4.18.